The SMILES string of the molecule is CCCC1CC1(O)C(C(F)(F)F)C(F)(F)F. The van der Waals surface area contributed by atoms with Crippen LogP contribution in [0.5, 0.6) is 0 Å². The van der Waals surface area contributed by atoms with Crippen LogP contribution in [0.2, 0.25) is 0 Å². The molecule has 0 aromatic rings. The van der Waals surface area contributed by atoms with Crippen molar-refractivity contribution in [2.75, 3.05) is 0 Å². The first-order chi connectivity index (χ1) is 7.03. The molecule has 1 saturated carbocycles. The van der Waals surface area contributed by atoms with Crippen LogP contribution in [0.25, 0.3) is 0 Å². The van der Waals surface area contributed by atoms with Crippen molar-refractivity contribution in [3.8, 4) is 0 Å². The first-order valence-corrected chi connectivity index (χ1v) is 4.89. The molecule has 16 heavy (non-hydrogen) atoms. The Morgan fingerprint density at radius 3 is 1.94 bits per heavy atom. The van der Waals surface area contributed by atoms with Crippen molar-refractivity contribution in [3.63, 3.8) is 0 Å². The molecule has 1 rings (SSSR count). The van der Waals surface area contributed by atoms with Gasteiger partial charge in [0.05, 0.1) is 5.60 Å². The fourth-order valence-electron chi connectivity index (χ4n) is 2.14. The van der Waals surface area contributed by atoms with E-state index in [2.05, 4.69) is 0 Å². The van der Waals surface area contributed by atoms with Gasteiger partial charge in [-0.1, -0.05) is 13.3 Å². The summed E-state index contributed by atoms with van der Waals surface area (Å²) in [6.07, 6.45) is -10.7. The van der Waals surface area contributed by atoms with Crippen molar-refractivity contribution in [1.82, 2.24) is 0 Å². The molecule has 0 heterocycles. The second-order valence-corrected chi connectivity index (χ2v) is 4.20. The fraction of sp³-hybridized carbons (Fsp3) is 1.00. The van der Waals surface area contributed by atoms with Crippen LogP contribution in [-0.4, -0.2) is 23.1 Å². The first-order valence-electron chi connectivity index (χ1n) is 4.89. The fourth-order valence-corrected chi connectivity index (χ4v) is 2.14. The van der Waals surface area contributed by atoms with E-state index in [1.54, 1.807) is 6.92 Å². The highest BCUT2D eigenvalue weighted by molar-refractivity contribution is 5.11. The summed E-state index contributed by atoms with van der Waals surface area (Å²) in [6, 6.07) is 0. The summed E-state index contributed by atoms with van der Waals surface area (Å²) in [7, 11) is 0. The van der Waals surface area contributed by atoms with E-state index in [1.807, 2.05) is 0 Å². The molecule has 0 amide bonds. The minimum Gasteiger partial charge on any atom is -0.389 e. The van der Waals surface area contributed by atoms with E-state index >= 15 is 0 Å². The van der Waals surface area contributed by atoms with Crippen LogP contribution in [0, 0.1) is 11.8 Å². The van der Waals surface area contributed by atoms with Crippen LogP contribution in [0.1, 0.15) is 26.2 Å². The summed E-state index contributed by atoms with van der Waals surface area (Å²) in [5.41, 5.74) is -2.65. The maximum absolute atomic E-state index is 12.3. The molecule has 0 radical (unpaired) electrons. The maximum Gasteiger partial charge on any atom is 0.403 e. The van der Waals surface area contributed by atoms with Gasteiger partial charge in [-0.3, -0.25) is 0 Å². The van der Waals surface area contributed by atoms with Crippen molar-refractivity contribution >= 4 is 0 Å². The van der Waals surface area contributed by atoms with Crippen LogP contribution in [0.4, 0.5) is 26.3 Å². The lowest BCUT2D eigenvalue weighted by Gasteiger charge is -2.28. The predicted octanol–water partition coefficient (Wildman–Crippen LogP) is 3.28. The summed E-state index contributed by atoms with van der Waals surface area (Å²) >= 11 is 0. The molecule has 2 atom stereocenters. The third-order valence-electron chi connectivity index (χ3n) is 2.91. The van der Waals surface area contributed by atoms with E-state index < -0.39 is 36.2 Å². The van der Waals surface area contributed by atoms with Crippen molar-refractivity contribution in [3.05, 3.63) is 0 Å². The van der Waals surface area contributed by atoms with E-state index in [-0.39, 0.29) is 6.42 Å². The summed E-state index contributed by atoms with van der Waals surface area (Å²) in [6.45, 7) is 1.65. The van der Waals surface area contributed by atoms with Crippen LogP contribution in [-0.2, 0) is 0 Å². The molecule has 1 nitrogen and oxygen atoms in total. The molecular formula is C9H12F6O. The zero-order chi connectivity index (χ0) is 12.8. The molecule has 0 saturated heterocycles. The molecule has 1 fully saturated rings. The van der Waals surface area contributed by atoms with Gasteiger partial charge in [0.2, 0.25) is 0 Å². The highest BCUT2D eigenvalue weighted by Crippen LogP contribution is 2.60. The van der Waals surface area contributed by atoms with Crippen LogP contribution in [0.15, 0.2) is 0 Å². The minimum absolute atomic E-state index is 0.180. The topological polar surface area (TPSA) is 20.2 Å². The number of hydrogen-bond acceptors (Lipinski definition) is 1. The highest BCUT2D eigenvalue weighted by Gasteiger charge is 2.74. The Bertz CT molecular complexity index is 244. The average Bonchev–Trinajstić information content (AvgIpc) is 2.54. The molecule has 0 aromatic heterocycles. The van der Waals surface area contributed by atoms with Crippen molar-refractivity contribution in [2.45, 2.75) is 44.1 Å². The third-order valence-corrected chi connectivity index (χ3v) is 2.91. The van der Waals surface area contributed by atoms with Crippen molar-refractivity contribution in [1.29, 1.82) is 0 Å². The Kier molecular flexibility index (Phi) is 3.22. The van der Waals surface area contributed by atoms with Crippen LogP contribution in [0.3, 0.4) is 0 Å². The lowest BCUT2D eigenvalue weighted by molar-refractivity contribution is -0.313. The molecule has 7 heteroatoms. The van der Waals surface area contributed by atoms with Gasteiger partial charge in [0.25, 0.3) is 0 Å². The van der Waals surface area contributed by atoms with Gasteiger partial charge in [0.15, 0.2) is 5.92 Å². The molecule has 0 aliphatic heterocycles. The van der Waals surface area contributed by atoms with Gasteiger partial charge in [0, 0.05) is 0 Å². The third kappa shape index (κ3) is 2.44. The molecule has 1 aliphatic carbocycles. The lowest BCUT2D eigenvalue weighted by Crippen LogP contribution is -2.47. The Balaban J connectivity index is 2.89. The van der Waals surface area contributed by atoms with E-state index in [0.717, 1.165) is 0 Å². The van der Waals surface area contributed by atoms with Gasteiger partial charge in [-0.2, -0.15) is 26.3 Å². The van der Waals surface area contributed by atoms with Gasteiger partial charge in [-0.05, 0) is 18.8 Å². The number of halogens is 6. The number of hydrogen-bond donors (Lipinski definition) is 1. The first kappa shape index (κ1) is 13.6. The molecule has 0 bridgehead atoms. The van der Waals surface area contributed by atoms with Gasteiger partial charge < -0.3 is 5.11 Å². The van der Waals surface area contributed by atoms with E-state index in [0.29, 0.717) is 6.42 Å². The number of aliphatic hydroxyl groups is 1. The number of rotatable bonds is 3. The summed E-state index contributed by atoms with van der Waals surface area (Å²) < 4.78 is 73.7. The quantitative estimate of drug-likeness (QED) is 0.762. The van der Waals surface area contributed by atoms with Crippen LogP contribution < -0.4 is 0 Å². The van der Waals surface area contributed by atoms with E-state index in [1.165, 1.54) is 0 Å². The standard InChI is InChI=1S/C9H12F6O/c1-2-3-5-4-7(5,16)6(8(10,11)12)9(13,14)15/h5-6,16H,2-4H2,1H3. The number of alkyl halides is 6. The molecule has 0 aromatic carbocycles. The molecule has 0 spiro atoms. The smallest absolute Gasteiger partial charge is 0.389 e. The monoisotopic (exact) mass is 250 g/mol. The Morgan fingerprint density at radius 2 is 1.62 bits per heavy atom. The Labute approximate surface area is 88.4 Å². The molecule has 1 aliphatic rings. The molecule has 96 valence electrons. The summed E-state index contributed by atoms with van der Waals surface area (Å²) in [5.74, 6) is -4.52. The van der Waals surface area contributed by atoms with Gasteiger partial charge in [-0.15, -0.1) is 0 Å². The molecular weight excluding hydrogens is 238 g/mol. The van der Waals surface area contributed by atoms with E-state index in [4.69, 9.17) is 0 Å². The Hall–Kier alpha value is -0.460. The van der Waals surface area contributed by atoms with Gasteiger partial charge >= 0.3 is 12.4 Å². The maximum atomic E-state index is 12.3. The largest absolute Gasteiger partial charge is 0.403 e. The van der Waals surface area contributed by atoms with E-state index in [9.17, 15) is 31.4 Å². The highest BCUT2D eigenvalue weighted by atomic mass is 19.4. The second kappa shape index (κ2) is 3.78. The second-order valence-electron chi connectivity index (χ2n) is 4.20. The zero-order valence-corrected chi connectivity index (χ0v) is 8.49. The van der Waals surface area contributed by atoms with Crippen molar-refractivity contribution < 1.29 is 31.4 Å². The van der Waals surface area contributed by atoms with Crippen molar-refractivity contribution in [2.24, 2.45) is 11.8 Å². The lowest BCUT2D eigenvalue weighted by atomic mass is 9.95. The minimum atomic E-state index is -5.45. The molecule has 1 N–H and O–H groups in total. The average molecular weight is 250 g/mol. The normalized spacial score (nSPS) is 30.9. The van der Waals surface area contributed by atoms with Gasteiger partial charge in [0.1, 0.15) is 0 Å². The van der Waals surface area contributed by atoms with Gasteiger partial charge in [-0.25, -0.2) is 0 Å². The molecule has 2 unspecified atom stereocenters. The Morgan fingerprint density at radius 1 is 1.19 bits per heavy atom. The summed E-state index contributed by atoms with van der Waals surface area (Å²) in [5, 5.41) is 9.41. The zero-order valence-electron chi connectivity index (χ0n) is 8.49. The predicted molar refractivity (Wildman–Crippen MR) is 43.6 cm³/mol. The summed E-state index contributed by atoms with van der Waals surface area (Å²) in [4.78, 5) is 0. The van der Waals surface area contributed by atoms with Crippen LogP contribution >= 0.6 is 0 Å².